The van der Waals surface area contributed by atoms with Crippen molar-refractivity contribution >= 4 is 23.2 Å². The van der Waals surface area contributed by atoms with Crippen LogP contribution in [0.4, 0.5) is 15.8 Å². The van der Waals surface area contributed by atoms with E-state index in [1.54, 1.807) is 36.4 Å². The van der Waals surface area contributed by atoms with Gasteiger partial charge < -0.3 is 15.0 Å². The van der Waals surface area contributed by atoms with Crippen molar-refractivity contribution in [3.8, 4) is 5.75 Å². The lowest BCUT2D eigenvalue weighted by Gasteiger charge is -2.30. The van der Waals surface area contributed by atoms with E-state index in [-0.39, 0.29) is 30.8 Å². The zero-order valence-electron chi connectivity index (χ0n) is 17.2. The Hall–Kier alpha value is -3.67. The van der Waals surface area contributed by atoms with Crippen molar-refractivity contribution in [2.45, 2.75) is 26.3 Å². The fourth-order valence-corrected chi connectivity index (χ4v) is 3.49. The van der Waals surface area contributed by atoms with E-state index in [1.807, 2.05) is 31.2 Å². The summed E-state index contributed by atoms with van der Waals surface area (Å²) in [6.07, 6.45) is 1.01. The minimum absolute atomic E-state index is 0.101. The Morgan fingerprint density at radius 2 is 1.87 bits per heavy atom. The van der Waals surface area contributed by atoms with Crippen molar-refractivity contribution in [3.05, 3.63) is 89.2 Å². The minimum atomic E-state index is -0.360. The number of rotatable bonds is 6. The normalized spacial score (nSPS) is 12.8. The van der Waals surface area contributed by atoms with Gasteiger partial charge >= 0.3 is 0 Å². The van der Waals surface area contributed by atoms with Crippen LogP contribution in [0.1, 0.15) is 23.1 Å². The third-order valence-corrected chi connectivity index (χ3v) is 5.23. The number of hydrogen-bond donors (Lipinski definition) is 1. The van der Waals surface area contributed by atoms with Crippen molar-refractivity contribution in [1.82, 2.24) is 0 Å². The molecule has 6 heteroatoms. The summed E-state index contributed by atoms with van der Waals surface area (Å²) >= 11 is 0. The third-order valence-electron chi connectivity index (χ3n) is 5.23. The van der Waals surface area contributed by atoms with Gasteiger partial charge in [-0.15, -0.1) is 0 Å². The topological polar surface area (TPSA) is 58.6 Å². The Bertz CT molecular complexity index is 1110. The van der Waals surface area contributed by atoms with Crippen LogP contribution < -0.4 is 15.0 Å². The molecule has 0 fully saturated rings. The van der Waals surface area contributed by atoms with Crippen LogP contribution in [0.15, 0.2) is 66.7 Å². The van der Waals surface area contributed by atoms with Crippen molar-refractivity contribution < 1.29 is 18.7 Å². The fourth-order valence-electron chi connectivity index (χ4n) is 3.49. The molecule has 1 heterocycles. The van der Waals surface area contributed by atoms with Gasteiger partial charge in [-0.25, -0.2) is 4.39 Å². The van der Waals surface area contributed by atoms with E-state index >= 15 is 0 Å². The van der Waals surface area contributed by atoms with Gasteiger partial charge in [-0.3, -0.25) is 9.59 Å². The molecule has 0 spiro atoms. The van der Waals surface area contributed by atoms with Crippen LogP contribution in [0.2, 0.25) is 0 Å². The first-order valence-corrected chi connectivity index (χ1v) is 10.2. The van der Waals surface area contributed by atoms with Crippen molar-refractivity contribution in [2.24, 2.45) is 0 Å². The van der Waals surface area contributed by atoms with Crippen LogP contribution in [0.3, 0.4) is 0 Å². The molecule has 4 rings (SSSR count). The third kappa shape index (κ3) is 4.91. The Morgan fingerprint density at radius 3 is 2.65 bits per heavy atom. The minimum Gasteiger partial charge on any atom is -0.481 e. The predicted octanol–water partition coefficient (Wildman–Crippen LogP) is 4.63. The van der Waals surface area contributed by atoms with Gasteiger partial charge in [-0.05, 0) is 37.1 Å². The van der Waals surface area contributed by atoms with Gasteiger partial charge in [0.1, 0.15) is 11.6 Å². The number of ether oxygens (including phenoxy) is 1. The maximum Gasteiger partial charge on any atom is 0.265 e. The SMILES string of the molecule is Cc1ccc(CCC(=O)Nc2ccc3c(c2)OCC(=O)N3Cc2ccccc2F)cc1. The molecule has 0 atom stereocenters. The summed E-state index contributed by atoms with van der Waals surface area (Å²) in [4.78, 5) is 26.2. The molecule has 5 nitrogen and oxygen atoms in total. The smallest absolute Gasteiger partial charge is 0.265 e. The zero-order chi connectivity index (χ0) is 21.8. The van der Waals surface area contributed by atoms with Gasteiger partial charge in [-0.1, -0.05) is 48.0 Å². The summed E-state index contributed by atoms with van der Waals surface area (Å²) in [6.45, 7) is 2.01. The number of anilines is 2. The van der Waals surface area contributed by atoms with E-state index in [1.165, 1.54) is 16.5 Å². The monoisotopic (exact) mass is 418 g/mol. The molecule has 2 amide bonds. The van der Waals surface area contributed by atoms with Crippen LogP contribution in [0.25, 0.3) is 0 Å². The van der Waals surface area contributed by atoms with Gasteiger partial charge in [-0.2, -0.15) is 0 Å². The highest BCUT2D eigenvalue weighted by molar-refractivity contribution is 5.99. The van der Waals surface area contributed by atoms with Gasteiger partial charge in [0.05, 0.1) is 12.2 Å². The molecule has 0 unspecified atom stereocenters. The second-order valence-corrected chi connectivity index (χ2v) is 7.58. The Balaban J connectivity index is 1.44. The van der Waals surface area contributed by atoms with Crippen LogP contribution in [-0.4, -0.2) is 18.4 Å². The van der Waals surface area contributed by atoms with Gasteiger partial charge in [0.25, 0.3) is 5.91 Å². The molecular formula is C25H23FN2O3. The number of fused-ring (bicyclic) bond motifs is 1. The molecule has 0 bridgehead atoms. The lowest BCUT2D eigenvalue weighted by Crippen LogP contribution is -2.38. The quantitative estimate of drug-likeness (QED) is 0.635. The van der Waals surface area contributed by atoms with Gasteiger partial charge in [0, 0.05) is 23.7 Å². The lowest BCUT2D eigenvalue weighted by molar-refractivity contribution is -0.121. The molecule has 0 radical (unpaired) electrons. The average molecular weight is 418 g/mol. The number of aryl methyl sites for hydroxylation is 2. The molecule has 0 aliphatic carbocycles. The van der Waals surface area contributed by atoms with E-state index in [9.17, 15) is 14.0 Å². The van der Waals surface area contributed by atoms with Crippen LogP contribution in [-0.2, 0) is 22.6 Å². The highest BCUT2D eigenvalue weighted by atomic mass is 19.1. The number of carbonyl (C=O) groups excluding carboxylic acids is 2. The van der Waals surface area contributed by atoms with Crippen LogP contribution >= 0.6 is 0 Å². The molecule has 1 aliphatic heterocycles. The molecule has 1 aliphatic rings. The molecular weight excluding hydrogens is 395 g/mol. The molecule has 3 aromatic rings. The number of benzene rings is 3. The highest BCUT2D eigenvalue weighted by Gasteiger charge is 2.26. The van der Waals surface area contributed by atoms with E-state index in [0.29, 0.717) is 35.5 Å². The Morgan fingerprint density at radius 1 is 1.10 bits per heavy atom. The van der Waals surface area contributed by atoms with Crippen LogP contribution in [0, 0.1) is 12.7 Å². The van der Waals surface area contributed by atoms with Crippen molar-refractivity contribution in [2.75, 3.05) is 16.8 Å². The number of nitrogens with one attached hydrogen (secondary N) is 1. The first-order valence-electron chi connectivity index (χ1n) is 10.2. The summed E-state index contributed by atoms with van der Waals surface area (Å²) in [5.74, 6) is -0.227. The molecule has 3 aromatic carbocycles. The van der Waals surface area contributed by atoms with E-state index in [4.69, 9.17) is 4.74 Å². The molecule has 158 valence electrons. The van der Waals surface area contributed by atoms with E-state index in [0.717, 1.165) is 5.56 Å². The maximum absolute atomic E-state index is 14.1. The van der Waals surface area contributed by atoms with Crippen molar-refractivity contribution in [3.63, 3.8) is 0 Å². The molecule has 31 heavy (non-hydrogen) atoms. The first-order chi connectivity index (χ1) is 15.0. The summed E-state index contributed by atoms with van der Waals surface area (Å²) in [5, 5.41) is 2.88. The number of hydrogen-bond acceptors (Lipinski definition) is 3. The first kappa shape index (κ1) is 20.6. The summed E-state index contributed by atoms with van der Waals surface area (Å²) in [6, 6.07) is 19.6. The molecule has 0 saturated heterocycles. The Labute approximate surface area is 180 Å². The zero-order valence-corrected chi connectivity index (χ0v) is 17.2. The van der Waals surface area contributed by atoms with Crippen LogP contribution in [0.5, 0.6) is 5.75 Å². The summed E-state index contributed by atoms with van der Waals surface area (Å²) < 4.78 is 19.6. The number of halogens is 1. The maximum atomic E-state index is 14.1. The predicted molar refractivity (Wildman–Crippen MR) is 118 cm³/mol. The standard InChI is InChI=1S/C25H23FN2O3/c1-17-6-8-18(9-7-17)10-13-24(29)27-20-11-12-22-23(14-20)31-16-25(30)28(22)15-19-4-2-3-5-21(19)26/h2-9,11-12,14H,10,13,15-16H2,1H3,(H,27,29). The molecule has 1 N–H and O–H groups in total. The summed E-state index contributed by atoms with van der Waals surface area (Å²) in [5.41, 5.74) is 3.86. The van der Waals surface area contributed by atoms with Crippen molar-refractivity contribution in [1.29, 1.82) is 0 Å². The second kappa shape index (κ2) is 9.00. The lowest BCUT2D eigenvalue weighted by atomic mass is 10.1. The largest absolute Gasteiger partial charge is 0.481 e. The van der Waals surface area contributed by atoms with Gasteiger partial charge in [0.2, 0.25) is 5.91 Å². The average Bonchev–Trinajstić information content (AvgIpc) is 2.77. The molecule has 0 saturated carbocycles. The second-order valence-electron chi connectivity index (χ2n) is 7.58. The number of nitrogens with zero attached hydrogens (tertiary/aromatic N) is 1. The number of carbonyl (C=O) groups is 2. The Kier molecular flexibility index (Phi) is 5.98. The number of amides is 2. The van der Waals surface area contributed by atoms with Gasteiger partial charge in [0.15, 0.2) is 6.61 Å². The fraction of sp³-hybridized carbons (Fsp3) is 0.200. The van der Waals surface area contributed by atoms with E-state index in [2.05, 4.69) is 5.32 Å². The molecule has 0 aromatic heterocycles. The van der Waals surface area contributed by atoms with E-state index < -0.39 is 0 Å². The highest BCUT2D eigenvalue weighted by Crippen LogP contribution is 2.35. The summed E-state index contributed by atoms with van der Waals surface area (Å²) in [7, 11) is 0.